The molecular weight excluding hydrogens is 262 g/mol. The van der Waals surface area contributed by atoms with Gasteiger partial charge in [-0.15, -0.1) is 10.2 Å². The number of anilines is 1. The van der Waals surface area contributed by atoms with Gasteiger partial charge in [0.25, 0.3) is 0 Å². The number of amides is 1. The molecule has 2 N–H and O–H groups in total. The minimum Gasteiger partial charge on any atom is -0.465 e. The third-order valence-corrected chi connectivity index (χ3v) is 3.23. The zero-order valence-electron chi connectivity index (χ0n) is 10.6. The van der Waals surface area contributed by atoms with E-state index in [0.717, 1.165) is 11.4 Å². The van der Waals surface area contributed by atoms with Crippen molar-refractivity contribution < 1.29 is 9.90 Å². The van der Waals surface area contributed by atoms with Crippen LogP contribution in [0.25, 0.3) is 11.4 Å². The number of aromatic nitrogens is 5. The number of piperazine rings is 1. The number of hydrogen-bond donors (Lipinski definition) is 2. The molecule has 0 saturated carbocycles. The van der Waals surface area contributed by atoms with Crippen LogP contribution >= 0.6 is 0 Å². The molecule has 0 bridgehead atoms. The second kappa shape index (κ2) is 5.11. The minimum atomic E-state index is -0.870. The van der Waals surface area contributed by atoms with E-state index in [1.165, 1.54) is 4.90 Å². The van der Waals surface area contributed by atoms with Crippen LogP contribution in [0.1, 0.15) is 0 Å². The van der Waals surface area contributed by atoms with Gasteiger partial charge in [-0.25, -0.2) is 9.78 Å². The van der Waals surface area contributed by atoms with E-state index in [1.807, 2.05) is 12.1 Å². The lowest BCUT2D eigenvalue weighted by Crippen LogP contribution is -2.48. The number of carboxylic acid groups (broad SMARTS) is 1. The van der Waals surface area contributed by atoms with Crippen molar-refractivity contribution in [3.05, 3.63) is 18.3 Å². The monoisotopic (exact) mass is 275 g/mol. The van der Waals surface area contributed by atoms with Crippen LogP contribution < -0.4 is 4.90 Å². The number of hydrogen-bond acceptors (Lipinski definition) is 6. The Kier molecular flexibility index (Phi) is 3.15. The number of pyridine rings is 1. The van der Waals surface area contributed by atoms with Gasteiger partial charge in [0.15, 0.2) is 0 Å². The molecule has 1 amide bonds. The van der Waals surface area contributed by atoms with Crippen LogP contribution in [0.4, 0.5) is 10.6 Å². The standard InChI is InChI=1S/C11H13N7O2/c19-11(20)18-5-3-17(4-6-18)9-2-1-8(7-12-9)10-13-15-16-14-10/h1-2,7H,3-6H2,(H,19,20)(H,13,14,15,16). The van der Waals surface area contributed by atoms with Crippen molar-refractivity contribution in [2.75, 3.05) is 31.1 Å². The van der Waals surface area contributed by atoms with Gasteiger partial charge in [0.1, 0.15) is 5.82 Å². The number of rotatable bonds is 2. The molecule has 3 heterocycles. The van der Waals surface area contributed by atoms with Gasteiger partial charge in [-0.3, -0.25) is 0 Å². The molecule has 20 heavy (non-hydrogen) atoms. The molecule has 1 fully saturated rings. The molecule has 1 aliphatic rings. The molecule has 0 aromatic carbocycles. The summed E-state index contributed by atoms with van der Waals surface area (Å²) in [6.45, 7) is 2.26. The Hall–Kier alpha value is -2.71. The predicted molar refractivity (Wildman–Crippen MR) is 69.2 cm³/mol. The predicted octanol–water partition coefficient (Wildman–Crippen LogP) is 0.0617. The summed E-state index contributed by atoms with van der Waals surface area (Å²) in [7, 11) is 0. The Morgan fingerprint density at radius 3 is 2.60 bits per heavy atom. The van der Waals surface area contributed by atoms with E-state index in [2.05, 4.69) is 30.5 Å². The van der Waals surface area contributed by atoms with Crippen molar-refractivity contribution in [2.24, 2.45) is 0 Å². The summed E-state index contributed by atoms with van der Waals surface area (Å²) < 4.78 is 0. The first-order valence-electron chi connectivity index (χ1n) is 6.17. The highest BCUT2D eigenvalue weighted by Crippen LogP contribution is 2.18. The highest BCUT2D eigenvalue weighted by molar-refractivity contribution is 5.65. The van der Waals surface area contributed by atoms with E-state index in [0.29, 0.717) is 32.0 Å². The summed E-state index contributed by atoms with van der Waals surface area (Å²) in [6, 6.07) is 3.75. The summed E-state index contributed by atoms with van der Waals surface area (Å²) in [4.78, 5) is 18.7. The van der Waals surface area contributed by atoms with Gasteiger partial charge in [-0.1, -0.05) is 0 Å². The fourth-order valence-corrected chi connectivity index (χ4v) is 2.12. The number of carbonyl (C=O) groups is 1. The molecule has 104 valence electrons. The zero-order chi connectivity index (χ0) is 13.9. The maximum atomic E-state index is 10.8. The van der Waals surface area contributed by atoms with Crippen molar-refractivity contribution >= 4 is 11.9 Å². The van der Waals surface area contributed by atoms with Gasteiger partial charge in [-0.05, 0) is 17.3 Å². The van der Waals surface area contributed by atoms with Crippen molar-refractivity contribution in [3.63, 3.8) is 0 Å². The average molecular weight is 275 g/mol. The van der Waals surface area contributed by atoms with Crippen molar-refractivity contribution in [3.8, 4) is 11.4 Å². The van der Waals surface area contributed by atoms with Crippen LogP contribution in [0.3, 0.4) is 0 Å². The first-order chi connectivity index (χ1) is 9.74. The number of H-pyrrole nitrogens is 1. The second-order valence-electron chi connectivity index (χ2n) is 4.40. The largest absolute Gasteiger partial charge is 0.465 e. The van der Waals surface area contributed by atoms with Gasteiger partial charge < -0.3 is 14.9 Å². The summed E-state index contributed by atoms with van der Waals surface area (Å²) in [5, 5.41) is 22.6. The highest BCUT2D eigenvalue weighted by atomic mass is 16.4. The molecule has 2 aromatic heterocycles. The Morgan fingerprint density at radius 2 is 2.05 bits per heavy atom. The minimum absolute atomic E-state index is 0.490. The number of aromatic amines is 1. The zero-order valence-corrected chi connectivity index (χ0v) is 10.6. The van der Waals surface area contributed by atoms with Gasteiger partial charge in [0.2, 0.25) is 5.82 Å². The molecule has 3 rings (SSSR count). The Balaban J connectivity index is 1.68. The summed E-state index contributed by atoms with van der Waals surface area (Å²) in [5.74, 6) is 1.32. The first kappa shape index (κ1) is 12.3. The molecule has 2 aromatic rings. The number of nitrogens with zero attached hydrogens (tertiary/aromatic N) is 6. The van der Waals surface area contributed by atoms with Crippen molar-refractivity contribution in [1.82, 2.24) is 30.5 Å². The van der Waals surface area contributed by atoms with E-state index in [1.54, 1.807) is 6.20 Å². The molecule has 0 atom stereocenters. The summed E-state index contributed by atoms with van der Waals surface area (Å²) in [5.41, 5.74) is 0.784. The lowest BCUT2D eigenvalue weighted by molar-refractivity contribution is 0.142. The molecular formula is C11H13N7O2. The maximum Gasteiger partial charge on any atom is 0.407 e. The van der Waals surface area contributed by atoms with Gasteiger partial charge in [-0.2, -0.15) is 5.21 Å². The van der Waals surface area contributed by atoms with E-state index in [-0.39, 0.29) is 0 Å². The Bertz CT molecular complexity index is 575. The number of tetrazole rings is 1. The average Bonchev–Trinajstić information content (AvgIpc) is 3.02. The smallest absolute Gasteiger partial charge is 0.407 e. The van der Waals surface area contributed by atoms with E-state index in [9.17, 15) is 4.79 Å². The fraction of sp³-hybridized carbons (Fsp3) is 0.364. The molecule has 0 spiro atoms. The first-order valence-corrected chi connectivity index (χ1v) is 6.17. The topological polar surface area (TPSA) is 111 Å². The van der Waals surface area contributed by atoms with Crippen LogP contribution in [0, 0.1) is 0 Å². The van der Waals surface area contributed by atoms with Crippen LogP contribution in [-0.2, 0) is 0 Å². The molecule has 9 nitrogen and oxygen atoms in total. The molecule has 0 radical (unpaired) electrons. The molecule has 1 aliphatic heterocycles. The normalized spacial score (nSPS) is 15.4. The number of nitrogens with one attached hydrogen (secondary N) is 1. The third-order valence-electron chi connectivity index (χ3n) is 3.23. The lowest BCUT2D eigenvalue weighted by atomic mass is 10.2. The van der Waals surface area contributed by atoms with E-state index in [4.69, 9.17) is 5.11 Å². The van der Waals surface area contributed by atoms with E-state index >= 15 is 0 Å². The fourth-order valence-electron chi connectivity index (χ4n) is 2.12. The summed E-state index contributed by atoms with van der Waals surface area (Å²) in [6.07, 6.45) is 0.814. The molecule has 0 aliphatic carbocycles. The molecule has 0 unspecified atom stereocenters. The SMILES string of the molecule is O=C(O)N1CCN(c2ccc(-c3nn[nH]n3)cn2)CC1. The lowest BCUT2D eigenvalue weighted by Gasteiger charge is -2.33. The van der Waals surface area contributed by atoms with Gasteiger partial charge in [0.05, 0.1) is 0 Å². The maximum absolute atomic E-state index is 10.8. The quantitative estimate of drug-likeness (QED) is 0.797. The Morgan fingerprint density at radius 1 is 1.25 bits per heavy atom. The molecule has 9 heteroatoms. The van der Waals surface area contributed by atoms with E-state index < -0.39 is 6.09 Å². The summed E-state index contributed by atoms with van der Waals surface area (Å²) >= 11 is 0. The Labute approximate surface area is 114 Å². The van der Waals surface area contributed by atoms with Crippen LogP contribution in [0.15, 0.2) is 18.3 Å². The van der Waals surface area contributed by atoms with Gasteiger partial charge >= 0.3 is 6.09 Å². The molecule has 1 saturated heterocycles. The van der Waals surface area contributed by atoms with Crippen LogP contribution in [-0.4, -0.2) is 67.9 Å². The van der Waals surface area contributed by atoms with Crippen LogP contribution in [0.2, 0.25) is 0 Å². The second-order valence-corrected chi connectivity index (χ2v) is 4.40. The van der Waals surface area contributed by atoms with Gasteiger partial charge in [0, 0.05) is 37.9 Å². The van der Waals surface area contributed by atoms with Crippen molar-refractivity contribution in [2.45, 2.75) is 0 Å². The van der Waals surface area contributed by atoms with Crippen LogP contribution in [0.5, 0.6) is 0 Å². The van der Waals surface area contributed by atoms with Crippen molar-refractivity contribution in [1.29, 1.82) is 0 Å². The highest BCUT2D eigenvalue weighted by Gasteiger charge is 2.21. The third kappa shape index (κ3) is 2.37.